The highest BCUT2D eigenvalue weighted by atomic mass is 16.2. The summed E-state index contributed by atoms with van der Waals surface area (Å²) >= 11 is 0. The minimum Gasteiger partial charge on any atom is -0.394 e. The van der Waals surface area contributed by atoms with Gasteiger partial charge in [-0.25, -0.2) is 4.79 Å². The van der Waals surface area contributed by atoms with Gasteiger partial charge < -0.3 is 11.1 Å². The van der Waals surface area contributed by atoms with Gasteiger partial charge in [0.1, 0.15) is 0 Å². The van der Waals surface area contributed by atoms with Crippen LogP contribution in [0.15, 0.2) is 42.5 Å². The first-order chi connectivity index (χ1) is 10.1. The van der Waals surface area contributed by atoms with E-state index in [-0.39, 0.29) is 6.03 Å². The van der Waals surface area contributed by atoms with Crippen molar-refractivity contribution in [3.05, 3.63) is 48.2 Å². The topological polar surface area (TPSA) is 95.8 Å². The molecule has 6 heteroatoms. The summed E-state index contributed by atoms with van der Waals surface area (Å²) in [4.78, 5) is 12.1. The molecule has 2 aromatic carbocycles. The van der Waals surface area contributed by atoms with Gasteiger partial charge in [0.25, 0.3) is 0 Å². The van der Waals surface area contributed by atoms with Crippen LogP contribution in [0.5, 0.6) is 0 Å². The lowest BCUT2D eigenvalue weighted by Gasteiger charge is -2.09. The predicted molar refractivity (Wildman–Crippen MR) is 84.3 cm³/mol. The average molecular weight is 281 g/mol. The molecule has 0 aliphatic heterocycles. The summed E-state index contributed by atoms with van der Waals surface area (Å²) in [6.45, 7) is 1.79. The largest absolute Gasteiger partial charge is 0.394 e. The van der Waals surface area contributed by atoms with Crippen molar-refractivity contribution in [1.29, 1.82) is 0 Å². The highest BCUT2D eigenvalue weighted by molar-refractivity contribution is 6.06. The number of carbonyl (C=O) groups is 1. The highest BCUT2D eigenvalue weighted by Gasteiger charge is 2.11. The molecule has 0 aliphatic carbocycles. The molecule has 2 amide bonds. The summed E-state index contributed by atoms with van der Waals surface area (Å²) < 4.78 is 0. The van der Waals surface area contributed by atoms with E-state index in [1.165, 1.54) is 0 Å². The van der Waals surface area contributed by atoms with Crippen LogP contribution in [-0.4, -0.2) is 16.2 Å². The predicted octanol–water partition coefficient (Wildman–Crippen LogP) is 3.10. The molecule has 6 nitrogen and oxygen atoms in total. The summed E-state index contributed by atoms with van der Waals surface area (Å²) in [5.74, 6) is 0.324. The number of benzene rings is 2. The van der Waals surface area contributed by atoms with Crippen molar-refractivity contribution in [3.8, 4) is 0 Å². The number of carbonyl (C=O) groups excluding carboxylic acids is 1. The zero-order chi connectivity index (χ0) is 14.8. The highest BCUT2D eigenvalue weighted by Crippen LogP contribution is 2.23. The molecular formula is C15H15N5O. The Morgan fingerprint density at radius 1 is 1.14 bits per heavy atom. The number of nitrogens with zero attached hydrogens (tertiary/aromatic N) is 1. The van der Waals surface area contributed by atoms with E-state index in [1.807, 2.05) is 42.5 Å². The quantitative estimate of drug-likeness (QED) is 0.581. The van der Waals surface area contributed by atoms with Gasteiger partial charge in [-0.05, 0) is 18.4 Å². The van der Waals surface area contributed by atoms with Gasteiger partial charge in [0.05, 0.1) is 17.1 Å². The molecule has 21 heavy (non-hydrogen) atoms. The second kappa shape index (κ2) is 5.16. The van der Waals surface area contributed by atoms with Crippen molar-refractivity contribution in [2.75, 3.05) is 16.4 Å². The maximum atomic E-state index is 12.1. The number of urea groups is 1. The fourth-order valence-electron chi connectivity index (χ4n) is 2.13. The van der Waals surface area contributed by atoms with E-state index in [4.69, 9.17) is 5.73 Å². The Balaban J connectivity index is 1.82. The second-order valence-electron chi connectivity index (χ2n) is 4.72. The van der Waals surface area contributed by atoms with Crippen molar-refractivity contribution >= 4 is 34.0 Å². The van der Waals surface area contributed by atoms with Gasteiger partial charge in [0.2, 0.25) is 0 Å². The molecular weight excluding hydrogens is 266 g/mol. The van der Waals surface area contributed by atoms with Crippen molar-refractivity contribution in [2.24, 2.45) is 0 Å². The first-order valence-corrected chi connectivity index (χ1v) is 6.51. The lowest BCUT2D eigenvalue weighted by molar-refractivity contribution is 0.262. The molecule has 0 atom stereocenters. The number of rotatable bonds is 2. The molecule has 1 heterocycles. The Bertz CT molecular complexity index is 803. The smallest absolute Gasteiger partial charge is 0.324 e. The van der Waals surface area contributed by atoms with Gasteiger partial charge in [-0.2, -0.15) is 5.10 Å². The fourth-order valence-corrected chi connectivity index (χ4v) is 2.13. The molecule has 3 rings (SSSR count). The van der Waals surface area contributed by atoms with Crippen molar-refractivity contribution < 1.29 is 4.79 Å². The average Bonchev–Trinajstić information content (AvgIpc) is 2.80. The van der Waals surface area contributed by atoms with Crippen LogP contribution < -0.4 is 16.4 Å². The molecule has 3 aromatic rings. The van der Waals surface area contributed by atoms with E-state index >= 15 is 0 Å². The van der Waals surface area contributed by atoms with E-state index in [9.17, 15) is 4.79 Å². The van der Waals surface area contributed by atoms with E-state index < -0.39 is 0 Å². The molecule has 0 radical (unpaired) electrons. The van der Waals surface area contributed by atoms with Gasteiger partial charge >= 0.3 is 6.03 Å². The summed E-state index contributed by atoms with van der Waals surface area (Å²) in [5, 5.41) is 14.1. The number of fused-ring (bicyclic) bond motifs is 1. The Hall–Kier alpha value is -3.02. The number of H-pyrrole nitrogens is 1. The van der Waals surface area contributed by atoms with Crippen molar-refractivity contribution in [3.63, 3.8) is 0 Å². The molecule has 0 fully saturated rings. The van der Waals surface area contributed by atoms with Crippen LogP contribution in [0.4, 0.5) is 22.0 Å². The number of nitrogens with one attached hydrogen (secondary N) is 3. The van der Waals surface area contributed by atoms with Gasteiger partial charge in [-0.1, -0.05) is 36.4 Å². The molecule has 0 unspecified atom stereocenters. The molecule has 0 saturated carbocycles. The third-order valence-corrected chi connectivity index (χ3v) is 3.26. The standard InChI is InChI=1S/C15H15N5O/c1-9-13(16)14(20-19-9)18-15(21)17-12-8-4-6-10-5-2-3-7-11(10)12/h2-8H,16H2,1H3,(H3,17,18,19,20,21). The summed E-state index contributed by atoms with van der Waals surface area (Å²) in [6.07, 6.45) is 0. The molecule has 1 aromatic heterocycles. The SMILES string of the molecule is Cc1[nH]nc(NC(=O)Nc2cccc3ccccc23)c1N. The third kappa shape index (κ3) is 2.51. The van der Waals surface area contributed by atoms with Crippen LogP contribution in [0.2, 0.25) is 0 Å². The fraction of sp³-hybridized carbons (Fsp3) is 0.0667. The number of aromatic amines is 1. The molecule has 0 saturated heterocycles. The van der Waals surface area contributed by atoms with Crippen molar-refractivity contribution in [2.45, 2.75) is 6.92 Å². The molecule has 0 spiro atoms. The van der Waals surface area contributed by atoms with Gasteiger partial charge in [0, 0.05) is 5.39 Å². The first-order valence-electron chi connectivity index (χ1n) is 6.51. The molecule has 0 bridgehead atoms. The van der Waals surface area contributed by atoms with Crippen LogP contribution in [0.3, 0.4) is 0 Å². The Labute approximate surface area is 121 Å². The van der Waals surface area contributed by atoms with E-state index in [0.717, 1.165) is 22.2 Å². The number of amides is 2. The minimum atomic E-state index is -0.385. The second-order valence-corrected chi connectivity index (χ2v) is 4.72. The lowest BCUT2D eigenvalue weighted by atomic mass is 10.1. The van der Waals surface area contributed by atoms with Crippen LogP contribution >= 0.6 is 0 Å². The first kappa shape index (κ1) is 13.0. The molecule has 106 valence electrons. The zero-order valence-corrected chi connectivity index (χ0v) is 11.5. The van der Waals surface area contributed by atoms with Crippen molar-refractivity contribution in [1.82, 2.24) is 10.2 Å². The van der Waals surface area contributed by atoms with Crippen LogP contribution in [-0.2, 0) is 0 Å². The van der Waals surface area contributed by atoms with E-state index in [1.54, 1.807) is 6.92 Å². The Kier molecular flexibility index (Phi) is 3.19. The van der Waals surface area contributed by atoms with Gasteiger partial charge in [0.15, 0.2) is 5.82 Å². The number of anilines is 3. The maximum absolute atomic E-state index is 12.1. The number of hydrogen-bond acceptors (Lipinski definition) is 3. The monoisotopic (exact) mass is 281 g/mol. The minimum absolute atomic E-state index is 0.324. The molecule has 0 aliphatic rings. The van der Waals surface area contributed by atoms with E-state index in [2.05, 4.69) is 20.8 Å². The summed E-state index contributed by atoms with van der Waals surface area (Å²) in [5.41, 5.74) is 7.68. The van der Waals surface area contributed by atoms with Crippen LogP contribution in [0.25, 0.3) is 10.8 Å². The number of nitrogens with two attached hydrogens (primary N) is 1. The van der Waals surface area contributed by atoms with Crippen LogP contribution in [0.1, 0.15) is 5.69 Å². The lowest BCUT2D eigenvalue weighted by Crippen LogP contribution is -2.20. The zero-order valence-electron chi connectivity index (χ0n) is 11.5. The number of hydrogen-bond donors (Lipinski definition) is 4. The Morgan fingerprint density at radius 3 is 2.67 bits per heavy atom. The maximum Gasteiger partial charge on any atom is 0.324 e. The molecule has 5 N–H and O–H groups in total. The number of nitrogen functional groups attached to an aromatic ring is 1. The summed E-state index contributed by atoms with van der Waals surface area (Å²) in [6, 6.07) is 13.2. The van der Waals surface area contributed by atoms with Gasteiger partial charge in [-0.15, -0.1) is 0 Å². The number of aromatic nitrogens is 2. The third-order valence-electron chi connectivity index (χ3n) is 3.26. The summed E-state index contributed by atoms with van der Waals surface area (Å²) in [7, 11) is 0. The Morgan fingerprint density at radius 2 is 1.90 bits per heavy atom. The normalized spacial score (nSPS) is 10.5. The van der Waals surface area contributed by atoms with E-state index in [0.29, 0.717) is 11.5 Å². The number of aryl methyl sites for hydroxylation is 1. The van der Waals surface area contributed by atoms with Crippen LogP contribution in [0, 0.1) is 6.92 Å². The van der Waals surface area contributed by atoms with Gasteiger partial charge in [-0.3, -0.25) is 10.4 Å².